The van der Waals surface area contributed by atoms with Gasteiger partial charge in [-0.25, -0.2) is 4.98 Å². The second kappa shape index (κ2) is 7.12. The molecular formula is C16H18N6O3. The molecule has 3 heterocycles. The molecule has 1 N–H and O–H groups in total. The van der Waals surface area contributed by atoms with E-state index in [1.54, 1.807) is 36.3 Å². The van der Waals surface area contributed by atoms with E-state index in [0.29, 0.717) is 23.2 Å². The lowest BCUT2D eigenvalue weighted by molar-refractivity contribution is 0.0946. The minimum atomic E-state index is -0.287. The fraction of sp³-hybridized carbons (Fsp3) is 0.312. The Morgan fingerprint density at radius 3 is 2.84 bits per heavy atom. The summed E-state index contributed by atoms with van der Waals surface area (Å²) in [4.78, 5) is 20.5. The van der Waals surface area contributed by atoms with Crippen molar-refractivity contribution < 1.29 is 14.1 Å². The number of nitrogens with zero attached hydrogens (tertiary/aromatic N) is 5. The molecular weight excluding hydrogens is 324 g/mol. The van der Waals surface area contributed by atoms with Gasteiger partial charge in [0.25, 0.3) is 5.91 Å². The number of carbonyl (C=O) groups excluding carboxylic acids is 1. The van der Waals surface area contributed by atoms with Crippen LogP contribution in [0.4, 0.5) is 0 Å². The Morgan fingerprint density at radius 1 is 1.36 bits per heavy atom. The molecule has 0 unspecified atom stereocenters. The van der Waals surface area contributed by atoms with Gasteiger partial charge in [-0.05, 0) is 19.9 Å². The van der Waals surface area contributed by atoms with Crippen molar-refractivity contribution in [2.45, 2.75) is 26.5 Å². The molecule has 9 heteroatoms. The highest BCUT2D eigenvalue weighted by atomic mass is 16.5. The molecule has 3 rings (SSSR count). The fourth-order valence-electron chi connectivity index (χ4n) is 2.06. The van der Waals surface area contributed by atoms with Gasteiger partial charge in [-0.3, -0.25) is 9.48 Å². The highest BCUT2D eigenvalue weighted by Gasteiger charge is 2.12. The summed E-state index contributed by atoms with van der Waals surface area (Å²) >= 11 is 0. The average Bonchev–Trinajstić information content (AvgIpc) is 3.21. The maximum atomic E-state index is 12.1. The predicted octanol–water partition coefficient (Wildman–Crippen LogP) is 1.58. The van der Waals surface area contributed by atoms with E-state index in [2.05, 4.69) is 25.5 Å². The van der Waals surface area contributed by atoms with Crippen LogP contribution in [0.25, 0.3) is 11.4 Å². The third-order valence-corrected chi connectivity index (χ3v) is 3.19. The number of carbonyl (C=O) groups is 1. The van der Waals surface area contributed by atoms with Crippen LogP contribution in [0.15, 0.2) is 35.2 Å². The van der Waals surface area contributed by atoms with Crippen molar-refractivity contribution >= 4 is 5.91 Å². The number of pyridine rings is 1. The van der Waals surface area contributed by atoms with E-state index in [1.165, 1.54) is 6.20 Å². The van der Waals surface area contributed by atoms with Crippen LogP contribution in [-0.4, -0.2) is 36.9 Å². The largest absolute Gasteiger partial charge is 0.475 e. The summed E-state index contributed by atoms with van der Waals surface area (Å²) in [6.07, 6.45) is 4.90. The van der Waals surface area contributed by atoms with E-state index >= 15 is 0 Å². The molecule has 0 aliphatic rings. The Labute approximate surface area is 144 Å². The first-order valence-electron chi connectivity index (χ1n) is 7.74. The normalized spacial score (nSPS) is 10.9. The van der Waals surface area contributed by atoms with Crippen LogP contribution in [0.5, 0.6) is 5.88 Å². The minimum absolute atomic E-state index is 0.0266. The Kier molecular flexibility index (Phi) is 4.73. The Bertz CT molecular complexity index is 853. The maximum Gasteiger partial charge on any atom is 0.253 e. The van der Waals surface area contributed by atoms with Crippen LogP contribution in [0.2, 0.25) is 0 Å². The standard InChI is InChI=1S/C16H18N6O3/c1-10(2)24-13-5-4-11(6-17-13)16(23)18-8-14-20-15(21-25-14)12-7-19-22(3)9-12/h4-7,9-10H,8H2,1-3H3,(H,18,23). The highest BCUT2D eigenvalue weighted by Crippen LogP contribution is 2.14. The zero-order chi connectivity index (χ0) is 17.8. The first kappa shape index (κ1) is 16.6. The zero-order valence-corrected chi connectivity index (χ0v) is 14.1. The summed E-state index contributed by atoms with van der Waals surface area (Å²) < 4.78 is 12.2. The van der Waals surface area contributed by atoms with E-state index < -0.39 is 0 Å². The Balaban J connectivity index is 1.58. The molecule has 0 saturated carbocycles. The lowest BCUT2D eigenvalue weighted by Gasteiger charge is -2.08. The lowest BCUT2D eigenvalue weighted by Crippen LogP contribution is -2.23. The first-order chi connectivity index (χ1) is 12.0. The number of nitrogens with one attached hydrogen (secondary N) is 1. The van der Waals surface area contributed by atoms with Crippen molar-refractivity contribution in [2.75, 3.05) is 0 Å². The monoisotopic (exact) mass is 342 g/mol. The molecule has 0 aliphatic heterocycles. The molecule has 0 spiro atoms. The summed E-state index contributed by atoms with van der Waals surface area (Å²) in [5.74, 6) is 0.920. The molecule has 3 aromatic heterocycles. The zero-order valence-electron chi connectivity index (χ0n) is 14.1. The van der Waals surface area contributed by atoms with E-state index in [4.69, 9.17) is 9.26 Å². The van der Waals surface area contributed by atoms with Gasteiger partial charge in [-0.2, -0.15) is 10.1 Å². The fourth-order valence-corrected chi connectivity index (χ4v) is 2.06. The second-order valence-corrected chi connectivity index (χ2v) is 5.65. The van der Waals surface area contributed by atoms with Gasteiger partial charge in [0, 0.05) is 25.5 Å². The first-order valence-corrected chi connectivity index (χ1v) is 7.74. The van der Waals surface area contributed by atoms with Gasteiger partial charge >= 0.3 is 0 Å². The van der Waals surface area contributed by atoms with Gasteiger partial charge in [0.05, 0.1) is 30.0 Å². The molecule has 0 aliphatic carbocycles. The average molecular weight is 342 g/mol. The van der Waals surface area contributed by atoms with E-state index in [0.717, 1.165) is 5.56 Å². The summed E-state index contributed by atoms with van der Waals surface area (Å²) in [6, 6.07) is 3.30. The number of aromatic nitrogens is 5. The maximum absolute atomic E-state index is 12.1. The van der Waals surface area contributed by atoms with Gasteiger partial charge < -0.3 is 14.6 Å². The van der Waals surface area contributed by atoms with Crippen molar-refractivity contribution in [1.82, 2.24) is 30.2 Å². The molecule has 0 saturated heterocycles. The summed E-state index contributed by atoms with van der Waals surface area (Å²) in [7, 11) is 1.80. The van der Waals surface area contributed by atoms with Gasteiger partial charge in [0.15, 0.2) is 0 Å². The number of ether oxygens (including phenoxy) is 1. The van der Waals surface area contributed by atoms with Crippen molar-refractivity contribution in [1.29, 1.82) is 0 Å². The van der Waals surface area contributed by atoms with Crippen LogP contribution in [0.1, 0.15) is 30.1 Å². The van der Waals surface area contributed by atoms with Crippen molar-refractivity contribution in [3.05, 3.63) is 42.2 Å². The minimum Gasteiger partial charge on any atom is -0.475 e. The number of rotatable bonds is 6. The molecule has 0 atom stereocenters. The Hall–Kier alpha value is -3.23. The molecule has 25 heavy (non-hydrogen) atoms. The van der Waals surface area contributed by atoms with E-state index in [-0.39, 0.29) is 18.6 Å². The summed E-state index contributed by atoms with van der Waals surface area (Å²) in [6.45, 7) is 3.94. The van der Waals surface area contributed by atoms with Crippen LogP contribution >= 0.6 is 0 Å². The quantitative estimate of drug-likeness (QED) is 0.724. The molecule has 1 amide bonds. The lowest BCUT2D eigenvalue weighted by atomic mass is 10.2. The summed E-state index contributed by atoms with van der Waals surface area (Å²) in [5, 5.41) is 10.6. The van der Waals surface area contributed by atoms with Crippen LogP contribution in [0, 0.1) is 0 Å². The predicted molar refractivity (Wildman–Crippen MR) is 87.7 cm³/mol. The summed E-state index contributed by atoms with van der Waals surface area (Å²) in [5.41, 5.74) is 1.16. The SMILES string of the molecule is CC(C)Oc1ccc(C(=O)NCc2nc(-c3cnn(C)c3)no2)cn1. The van der Waals surface area contributed by atoms with E-state index in [9.17, 15) is 4.79 Å². The van der Waals surface area contributed by atoms with Gasteiger partial charge in [-0.1, -0.05) is 5.16 Å². The van der Waals surface area contributed by atoms with Gasteiger partial charge in [-0.15, -0.1) is 0 Å². The van der Waals surface area contributed by atoms with Crippen molar-refractivity contribution in [2.24, 2.45) is 7.05 Å². The topological polar surface area (TPSA) is 108 Å². The molecule has 0 fully saturated rings. The molecule has 130 valence electrons. The third kappa shape index (κ3) is 4.19. The van der Waals surface area contributed by atoms with Crippen molar-refractivity contribution in [3.63, 3.8) is 0 Å². The third-order valence-electron chi connectivity index (χ3n) is 3.19. The van der Waals surface area contributed by atoms with Crippen molar-refractivity contribution in [3.8, 4) is 17.3 Å². The Morgan fingerprint density at radius 2 is 2.20 bits per heavy atom. The number of amides is 1. The highest BCUT2D eigenvalue weighted by molar-refractivity contribution is 5.93. The second-order valence-electron chi connectivity index (χ2n) is 5.65. The van der Waals surface area contributed by atoms with Crippen LogP contribution < -0.4 is 10.1 Å². The smallest absolute Gasteiger partial charge is 0.253 e. The molecule has 9 nitrogen and oxygen atoms in total. The molecule has 0 aromatic carbocycles. The number of hydrogen-bond acceptors (Lipinski definition) is 7. The number of aryl methyl sites for hydroxylation is 1. The molecule has 0 bridgehead atoms. The van der Waals surface area contributed by atoms with E-state index in [1.807, 2.05) is 13.8 Å². The van der Waals surface area contributed by atoms with Gasteiger partial charge in [0.2, 0.25) is 17.6 Å². The van der Waals surface area contributed by atoms with Crippen LogP contribution in [-0.2, 0) is 13.6 Å². The van der Waals surface area contributed by atoms with Crippen LogP contribution in [0.3, 0.4) is 0 Å². The molecule has 0 radical (unpaired) electrons. The molecule has 3 aromatic rings. The van der Waals surface area contributed by atoms with Gasteiger partial charge in [0.1, 0.15) is 0 Å². The number of hydrogen-bond donors (Lipinski definition) is 1.